The molecular formula is C8H13NO2S. The average molecular weight is 187 g/mol. The molecule has 0 spiro atoms. The molecule has 0 aromatic heterocycles. The normalized spacial score (nSPS) is 22.1. The van der Waals surface area contributed by atoms with E-state index >= 15 is 0 Å². The van der Waals surface area contributed by atoms with Crippen LogP contribution < -0.4 is 0 Å². The van der Waals surface area contributed by atoms with E-state index in [1.54, 1.807) is 7.05 Å². The minimum Gasteiger partial charge on any atom is -0.275 e. The van der Waals surface area contributed by atoms with Gasteiger partial charge >= 0.3 is 0 Å². The Morgan fingerprint density at radius 1 is 1.33 bits per heavy atom. The second kappa shape index (κ2) is 3.09. The number of hydrogen-bond donors (Lipinski definition) is 0. The van der Waals surface area contributed by atoms with E-state index in [-0.39, 0.29) is 11.1 Å². The van der Waals surface area contributed by atoms with E-state index in [2.05, 4.69) is 0 Å². The molecule has 0 atom stereocenters. The van der Waals surface area contributed by atoms with Crippen LogP contribution in [0.5, 0.6) is 0 Å². The van der Waals surface area contributed by atoms with Crippen molar-refractivity contribution in [2.45, 2.75) is 31.4 Å². The van der Waals surface area contributed by atoms with Gasteiger partial charge in [-0.2, -0.15) is 0 Å². The zero-order valence-corrected chi connectivity index (χ0v) is 8.40. The van der Waals surface area contributed by atoms with Gasteiger partial charge in [-0.1, -0.05) is 13.8 Å². The van der Waals surface area contributed by atoms with E-state index in [4.69, 9.17) is 0 Å². The number of thioether (sulfide) groups is 1. The lowest BCUT2D eigenvalue weighted by Gasteiger charge is -2.20. The number of carbonyl (C=O) groups excluding carboxylic acids is 2. The van der Waals surface area contributed by atoms with Gasteiger partial charge in [-0.05, 0) is 24.6 Å². The van der Waals surface area contributed by atoms with Crippen LogP contribution in [0.3, 0.4) is 0 Å². The lowest BCUT2D eigenvalue weighted by Crippen LogP contribution is -2.36. The van der Waals surface area contributed by atoms with Crippen molar-refractivity contribution in [3.63, 3.8) is 0 Å². The van der Waals surface area contributed by atoms with Gasteiger partial charge < -0.3 is 0 Å². The van der Waals surface area contributed by atoms with E-state index in [0.29, 0.717) is 0 Å². The van der Waals surface area contributed by atoms with Gasteiger partial charge in [-0.25, -0.2) is 0 Å². The maximum Gasteiger partial charge on any atom is 0.289 e. The highest BCUT2D eigenvalue weighted by Gasteiger charge is 2.48. The van der Waals surface area contributed by atoms with Crippen molar-refractivity contribution < 1.29 is 9.59 Å². The second-order valence-corrected chi connectivity index (χ2v) is 4.27. The second-order valence-electron chi connectivity index (χ2n) is 2.93. The van der Waals surface area contributed by atoms with E-state index in [1.807, 2.05) is 13.8 Å². The van der Waals surface area contributed by atoms with E-state index in [0.717, 1.165) is 12.8 Å². The van der Waals surface area contributed by atoms with E-state index < -0.39 is 4.75 Å². The molecule has 0 unspecified atom stereocenters. The topological polar surface area (TPSA) is 37.4 Å². The molecule has 4 heteroatoms. The van der Waals surface area contributed by atoms with Gasteiger partial charge in [0.2, 0.25) is 5.91 Å². The van der Waals surface area contributed by atoms with Crippen LogP contribution in [0, 0.1) is 0 Å². The van der Waals surface area contributed by atoms with Crippen molar-refractivity contribution in [3.8, 4) is 0 Å². The molecule has 1 fully saturated rings. The first-order chi connectivity index (χ1) is 5.57. The maximum atomic E-state index is 11.6. The third kappa shape index (κ3) is 1.14. The van der Waals surface area contributed by atoms with Gasteiger partial charge in [0.1, 0.15) is 4.75 Å². The summed E-state index contributed by atoms with van der Waals surface area (Å²) >= 11 is 1.17. The molecule has 1 rings (SSSR count). The van der Waals surface area contributed by atoms with E-state index in [1.165, 1.54) is 16.7 Å². The summed E-state index contributed by atoms with van der Waals surface area (Å²) in [5.74, 6) is -0.0394. The van der Waals surface area contributed by atoms with Gasteiger partial charge in [-0.15, -0.1) is 0 Å². The summed E-state index contributed by atoms with van der Waals surface area (Å²) in [6.07, 6.45) is 1.45. The lowest BCUT2D eigenvalue weighted by molar-refractivity contribution is -0.128. The van der Waals surface area contributed by atoms with Crippen LogP contribution in [0.1, 0.15) is 26.7 Å². The van der Waals surface area contributed by atoms with Crippen LogP contribution >= 0.6 is 11.8 Å². The highest BCUT2D eigenvalue weighted by Crippen LogP contribution is 2.41. The minimum absolute atomic E-state index is 0.0394. The predicted molar refractivity (Wildman–Crippen MR) is 49.1 cm³/mol. The van der Waals surface area contributed by atoms with E-state index in [9.17, 15) is 9.59 Å². The molecule has 0 aliphatic carbocycles. The average Bonchev–Trinajstić information content (AvgIpc) is 2.30. The van der Waals surface area contributed by atoms with Crippen molar-refractivity contribution in [3.05, 3.63) is 0 Å². The number of nitrogens with zero attached hydrogens (tertiary/aromatic N) is 1. The third-order valence-corrected chi connectivity index (χ3v) is 3.98. The molecular weight excluding hydrogens is 174 g/mol. The van der Waals surface area contributed by atoms with Gasteiger partial charge in [0.25, 0.3) is 5.24 Å². The highest BCUT2D eigenvalue weighted by atomic mass is 32.2. The molecule has 1 heterocycles. The third-order valence-electron chi connectivity index (χ3n) is 2.39. The fraction of sp³-hybridized carbons (Fsp3) is 0.750. The van der Waals surface area contributed by atoms with Crippen LogP contribution in [0.2, 0.25) is 0 Å². The quantitative estimate of drug-likeness (QED) is 0.662. The Morgan fingerprint density at radius 3 is 2.00 bits per heavy atom. The minimum atomic E-state index is -0.466. The summed E-state index contributed by atoms with van der Waals surface area (Å²) in [5.41, 5.74) is 0. The van der Waals surface area contributed by atoms with Gasteiger partial charge in [0.05, 0.1) is 0 Å². The first kappa shape index (κ1) is 9.58. The Morgan fingerprint density at radius 2 is 1.83 bits per heavy atom. The summed E-state index contributed by atoms with van der Waals surface area (Å²) in [7, 11) is 1.55. The fourth-order valence-electron chi connectivity index (χ4n) is 1.36. The standard InChI is InChI=1S/C8H13NO2S/c1-4-8(5-2)6(10)9(3)7(11)12-8/h4-5H2,1-3H3. The number of amides is 2. The Hall–Kier alpha value is -0.510. The largest absolute Gasteiger partial charge is 0.289 e. The van der Waals surface area contributed by atoms with Crippen LogP contribution in [0.25, 0.3) is 0 Å². The number of carbonyl (C=O) groups is 2. The molecule has 0 radical (unpaired) electrons. The molecule has 12 heavy (non-hydrogen) atoms. The summed E-state index contributed by atoms with van der Waals surface area (Å²) in [6.45, 7) is 3.89. The zero-order chi connectivity index (χ0) is 9.35. The molecule has 0 bridgehead atoms. The van der Waals surface area contributed by atoms with Crippen LogP contribution in [-0.2, 0) is 4.79 Å². The van der Waals surface area contributed by atoms with Crippen LogP contribution in [0.4, 0.5) is 4.79 Å². The predicted octanol–water partition coefficient (Wildman–Crippen LogP) is 1.87. The molecule has 1 aliphatic heterocycles. The molecule has 1 aliphatic rings. The van der Waals surface area contributed by atoms with Gasteiger partial charge in [0.15, 0.2) is 0 Å². The summed E-state index contributed by atoms with van der Waals surface area (Å²) in [6, 6.07) is 0. The maximum absolute atomic E-state index is 11.6. The molecule has 0 N–H and O–H groups in total. The summed E-state index contributed by atoms with van der Waals surface area (Å²) in [4.78, 5) is 24.0. The number of imide groups is 1. The smallest absolute Gasteiger partial charge is 0.275 e. The van der Waals surface area contributed by atoms with Crippen molar-refractivity contribution in [1.82, 2.24) is 4.90 Å². The SMILES string of the molecule is CCC1(CC)SC(=O)N(C)C1=O. The molecule has 0 aromatic rings. The lowest BCUT2D eigenvalue weighted by atomic mass is 10.0. The van der Waals surface area contributed by atoms with Gasteiger partial charge in [0, 0.05) is 7.05 Å². The zero-order valence-electron chi connectivity index (χ0n) is 7.59. The van der Waals surface area contributed by atoms with Crippen molar-refractivity contribution in [2.75, 3.05) is 7.05 Å². The number of rotatable bonds is 2. The molecule has 1 saturated heterocycles. The summed E-state index contributed by atoms with van der Waals surface area (Å²) in [5, 5.41) is -0.122. The van der Waals surface area contributed by atoms with Crippen LogP contribution in [-0.4, -0.2) is 27.8 Å². The first-order valence-electron chi connectivity index (χ1n) is 4.08. The Balaban J connectivity index is 2.95. The first-order valence-corrected chi connectivity index (χ1v) is 4.90. The monoisotopic (exact) mass is 187 g/mol. The Labute approximate surface area is 76.5 Å². The van der Waals surface area contributed by atoms with Gasteiger partial charge in [-0.3, -0.25) is 14.5 Å². The Bertz CT molecular complexity index is 223. The molecule has 68 valence electrons. The molecule has 0 aromatic carbocycles. The van der Waals surface area contributed by atoms with Crippen molar-refractivity contribution in [1.29, 1.82) is 0 Å². The van der Waals surface area contributed by atoms with Crippen molar-refractivity contribution >= 4 is 22.9 Å². The van der Waals surface area contributed by atoms with Crippen molar-refractivity contribution in [2.24, 2.45) is 0 Å². The highest BCUT2D eigenvalue weighted by molar-refractivity contribution is 8.16. The number of hydrogen-bond acceptors (Lipinski definition) is 3. The molecule has 0 saturated carbocycles. The summed E-state index contributed by atoms with van der Waals surface area (Å²) < 4.78 is -0.466. The van der Waals surface area contributed by atoms with Crippen LogP contribution in [0.15, 0.2) is 0 Å². The Kier molecular flexibility index (Phi) is 2.46. The molecule has 2 amide bonds. The fourth-order valence-corrected chi connectivity index (χ4v) is 2.43. The molecule has 3 nitrogen and oxygen atoms in total.